The first-order valence-corrected chi connectivity index (χ1v) is 4.38. The van der Waals surface area contributed by atoms with Gasteiger partial charge in [0.15, 0.2) is 0 Å². The van der Waals surface area contributed by atoms with E-state index in [1.807, 2.05) is 0 Å². The quantitative estimate of drug-likeness (QED) is 0.290. The first-order valence-electron chi connectivity index (χ1n) is 4.38. The fraction of sp³-hybridized carbons (Fsp3) is 0.636. The van der Waals surface area contributed by atoms with Crippen molar-refractivity contribution in [3.8, 4) is 11.8 Å². The van der Waals surface area contributed by atoms with Gasteiger partial charge in [0.2, 0.25) is 0 Å². The average Bonchev–Trinajstić information content (AvgIpc) is 2.10. The van der Waals surface area contributed by atoms with E-state index < -0.39 is 5.97 Å². The van der Waals surface area contributed by atoms with Gasteiger partial charge in [-0.1, -0.05) is 39.5 Å². The summed E-state index contributed by atoms with van der Waals surface area (Å²) in [5.41, 5.74) is 0. The first-order chi connectivity index (χ1) is 5.81. The number of methoxy groups -OCH3 is 1. The molecule has 1 radical (unpaired) electrons. The van der Waals surface area contributed by atoms with Crippen LogP contribution >= 0.6 is 0 Å². The maximum atomic E-state index is 10.5. The number of hydrogen-bond acceptors (Lipinski definition) is 2. The summed E-state index contributed by atoms with van der Waals surface area (Å²) in [6, 6.07) is 0. The monoisotopic (exact) mass is 183 g/mol. The maximum Gasteiger partial charge on any atom is 0.384 e. The summed E-state index contributed by atoms with van der Waals surface area (Å²) in [6.45, 7) is 2.17. The smallest absolute Gasteiger partial charge is 0.384 e. The van der Waals surface area contributed by atoms with E-state index >= 15 is 0 Å². The number of hydrogen-bond donors (Lipinski definition) is 0. The zero-order valence-corrected chi connectivity index (χ0v) is 8.85. The van der Waals surface area contributed by atoms with E-state index in [-0.39, 0.29) is 7.43 Å². The largest absolute Gasteiger partial charge is 0.459 e. The fourth-order valence-electron chi connectivity index (χ4n) is 0.826. The number of esters is 1. The third-order valence-electron chi connectivity index (χ3n) is 1.53. The normalized spacial score (nSPS) is 7.85. The van der Waals surface area contributed by atoms with Crippen LogP contribution in [-0.2, 0) is 9.53 Å². The van der Waals surface area contributed by atoms with Crippen LogP contribution in [0, 0.1) is 19.3 Å². The molecule has 0 N–H and O–H groups in total. The van der Waals surface area contributed by atoms with Crippen molar-refractivity contribution in [1.82, 2.24) is 0 Å². The SMILES string of the molecule is CCCCCCC#CC(=O)OC.[CH3]. The summed E-state index contributed by atoms with van der Waals surface area (Å²) in [6.07, 6.45) is 5.56. The van der Waals surface area contributed by atoms with Gasteiger partial charge >= 0.3 is 5.97 Å². The lowest BCUT2D eigenvalue weighted by Gasteiger charge is -1.91. The number of rotatable bonds is 4. The van der Waals surface area contributed by atoms with Crippen molar-refractivity contribution >= 4 is 5.97 Å². The summed E-state index contributed by atoms with van der Waals surface area (Å²) in [5.74, 6) is 4.73. The van der Waals surface area contributed by atoms with Crippen molar-refractivity contribution in [2.45, 2.75) is 39.0 Å². The lowest BCUT2D eigenvalue weighted by atomic mass is 10.2. The van der Waals surface area contributed by atoms with Crippen molar-refractivity contribution < 1.29 is 9.53 Å². The van der Waals surface area contributed by atoms with Crippen LogP contribution in [0.25, 0.3) is 0 Å². The standard InChI is InChI=1S/C10H16O2.CH3/c1-3-4-5-6-7-8-9-10(11)12-2;/h3-7H2,1-2H3;1H3. The minimum absolute atomic E-state index is 0. The molecule has 0 unspecified atom stereocenters. The molecular formula is C11H19O2. The summed E-state index contributed by atoms with van der Waals surface area (Å²) >= 11 is 0. The van der Waals surface area contributed by atoms with Gasteiger partial charge in [-0.15, -0.1) is 0 Å². The van der Waals surface area contributed by atoms with Crippen LogP contribution in [-0.4, -0.2) is 13.1 Å². The average molecular weight is 183 g/mol. The molecule has 0 aromatic heterocycles. The molecule has 0 saturated heterocycles. The zero-order valence-electron chi connectivity index (χ0n) is 8.85. The van der Waals surface area contributed by atoms with Crippen molar-refractivity contribution in [1.29, 1.82) is 0 Å². The van der Waals surface area contributed by atoms with Gasteiger partial charge < -0.3 is 4.74 Å². The molecule has 0 saturated carbocycles. The van der Waals surface area contributed by atoms with Gasteiger partial charge in [0, 0.05) is 12.3 Å². The molecule has 0 heterocycles. The molecule has 0 fully saturated rings. The Kier molecular flexibility index (Phi) is 12.3. The molecular weight excluding hydrogens is 164 g/mol. The van der Waals surface area contributed by atoms with Gasteiger partial charge in [-0.25, -0.2) is 4.79 Å². The molecule has 2 heteroatoms. The summed E-state index contributed by atoms with van der Waals surface area (Å²) in [7, 11) is 1.34. The Morgan fingerprint density at radius 1 is 1.31 bits per heavy atom. The van der Waals surface area contributed by atoms with E-state index in [0.29, 0.717) is 0 Å². The van der Waals surface area contributed by atoms with E-state index in [9.17, 15) is 4.79 Å². The van der Waals surface area contributed by atoms with Crippen LogP contribution in [0.15, 0.2) is 0 Å². The highest BCUT2D eigenvalue weighted by Gasteiger charge is 1.88. The molecule has 0 aliphatic carbocycles. The number of ether oxygens (including phenoxy) is 1. The minimum atomic E-state index is -0.439. The van der Waals surface area contributed by atoms with Gasteiger partial charge in [0.05, 0.1) is 7.11 Å². The molecule has 0 rings (SSSR count). The molecule has 0 aliphatic rings. The second-order valence-corrected chi connectivity index (χ2v) is 2.60. The highest BCUT2D eigenvalue weighted by atomic mass is 16.5. The van der Waals surface area contributed by atoms with Gasteiger partial charge in [0.1, 0.15) is 0 Å². The van der Waals surface area contributed by atoms with Crippen molar-refractivity contribution in [2.75, 3.05) is 7.11 Å². The predicted molar refractivity (Wildman–Crippen MR) is 55.0 cm³/mol. The highest BCUT2D eigenvalue weighted by molar-refractivity contribution is 5.88. The van der Waals surface area contributed by atoms with Crippen molar-refractivity contribution in [2.24, 2.45) is 0 Å². The van der Waals surface area contributed by atoms with Crippen LogP contribution in [0.5, 0.6) is 0 Å². The molecule has 0 aliphatic heterocycles. The molecule has 13 heavy (non-hydrogen) atoms. The molecule has 0 aromatic carbocycles. The zero-order chi connectivity index (χ0) is 9.23. The van der Waals surface area contributed by atoms with E-state index in [2.05, 4.69) is 23.5 Å². The Labute approximate surface area is 81.7 Å². The molecule has 0 bridgehead atoms. The van der Waals surface area contributed by atoms with Crippen molar-refractivity contribution in [3.63, 3.8) is 0 Å². The minimum Gasteiger partial charge on any atom is -0.459 e. The number of carbonyl (C=O) groups excluding carboxylic acids is 1. The number of unbranched alkanes of at least 4 members (excludes halogenated alkanes) is 4. The van der Waals surface area contributed by atoms with Crippen LogP contribution < -0.4 is 0 Å². The second-order valence-electron chi connectivity index (χ2n) is 2.60. The maximum absolute atomic E-state index is 10.5. The molecule has 0 spiro atoms. The van der Waals surface area contributed by atoms with Crippen LogP contribution in [0.2, 0.25) is 0 Å². The third-order valence-corrected chi connectivity index (χ3v) is 1.53. The van der Waals surface area contributed by atoms with Crippen LogP contribution in [0.4, 0.5) is 0 Å². The lowest BCUT2D eigenvalue weighted by molar-refractivity contribution is -0.133. The van der Waals surface area contributed by atoms with Crippen LogP contribution in [0.1, 0.15) is 39.0 Å². The Balaban J connectivity index is 0. The highest BCUT2D eigenvalue weighted by Crippen LogP contribution is 2.00. The molecule has 0 aromatic rings. The van der Waals surface area contributed by atoms with E-state index in [4.69, 9.17) is 0 Å². The lowest BCUT2D eigenvalue weighted by Crippen LogP contribution is -1.94. The van der Waals surface area contributed by atoms with Crippen LogP contribution in [0.3, 0.4) is 0 Å². The number of carbonyl (C=O) groups is 1. The topological polar surface area (TPSA) is 26.3 Å². The van der Waals surface area contributed by atoms with Gasteiger partial charge in [-0.2, -0.15) is 0 Å². The van der Waals surface area contributed by atoms with Gasteiger partial charge in [-0.05, 0) is 6.42 Å². The first kappa shape index (κ1) is 14.5. The Morgan fingerprint density at radius 2 is 2.00 bits per heavy atom. The summed E-state index contributed by atoms with van der Waals surface area (Å²) < 4.78 is 4.37. The summed E-state index contributed by atoms with van der Waals surface area (Å²) in [5, 5.41) is 0. The van der Waals surface area contributed by atoms with Gasteiger partial charge in [0.25, 0.3) is 0 Å². The molecule has 0 atom stereocenters. The Bertz CT molecular complexity index is 174. The fourth-order valence-corrected chi connectivity index (χ4v) is 0.826. The Morgan fingerprint density at radius 3 is 2.54 bits per heavy atom. The van der Waals surface area contributed by atoms with Crippen molar-refractivity contribution in [3.05, 3.63) is 7.43 Å². The molecule has 2 nitrogen and oxygen atoms in total. The van der Waals surface area contributed by atoms with E-state index in [0.717, 1.165) is 12.8 Å². The predicted octanol–water partition coefficient (Wildman–Crippen LogP) is 2.58. The summed E-state index contributed by atoms with van der Waals surface area (Å²) in [4.78, 5) is 10.5. The Hall–Kier alpha value is -0.970. The van der Waals surface area contributed by atoms with E-state index in [1.54, 1.807) is 0 Å². The van der Waals surface area contributed by atoms with E-state index in [1.165, 1.54) is 26.4 Å². The second kappa shape index (κ2) is 11.0. The molecule has 0 amide bonds. The third kappa shape index (κ3) is 11.0. The van der Waals surface area contributed by atoms with Gasteiger partial charge in [-0.3, -0.25) is 0 Å². The molecule has 75 valence electrons.